The third-order valence-electron chi connectivity index (χ3n) is 5.72. The first-order valence-electron chi connectivity index (χ1n) is 10.3. The van der Waals surface area contributed by atoms with E-state index in [-0.39, 0.29) is 10.3 Å². The number of ether oxygens (including phenoxy) is 5. The van der Waals surface area contributed by atoms with Gasteiger partial charge in [-0.3, -0.25) is 4.57 Å². The van der Waals surface area contributed by atoms with E-state index in [9.17, 15) is 0 Å². The fraction of sp³-hybridized carbons (Fsp3) is 0.348. The van der Waals surface area contributed by atoms with Crippen LogP contribution in [0.15, 0.2) is 36.4 Å². The van der Waals surface area contributed by atoms with Crippen LogP contribution < -0.4 is 9.47 Å². The summed E-state index contributed by atoms with van der Waals surface area (Å²) in [5.74, 6) is 1.70. The number of hydrogen-bond acceptors (Lipinski definition) is 6. The average molecular weight is 512 g/mol. The van der Waals surface area contributed by atoms with E-state index in [1.807, 2.05) is 30.3 Å². The Balaban J connectivity index is 1.72. The van der Waals surface area contributed by atoms with Crippen LogP contribution in [-0.2, 0) is 14.2 Å². The molecule has 33 heavy (non-hydrogen) atoms. The lowest BCUT2D eigenvalue weighted by Gasteiger charge is -2.26. The zero-order chi connectivity index (χ0) is 23.1. The Hall–Kier alpha value is -2.00. The van der Waals surface area contributed by atoms with E-state index >= 15 is 0 Å². The molecule has 0 saturated carbocycles. The molecule has 0 N–H and O–H groups in total. The Kier molecular flexibility index (Phi) is 6.44. The maximum absolute atomic E-state index is 6.72. The smallest absolute Gasteiger partial charge is 0.167 e. The predicted molar refractivity (Wildman–Crippen MR) is 124 cm³/mol. The van der Waals surface area contributed by atoms with Gasteiger partial charge in [-0.05, 0) is 24.3 Å². The van der Waals surface area contributed by atoms with Crippen molar-refractivity contribution in [1.29, 1.82) is 0 Å². The van der Waals surface area contributed by atoms with E-state index in [0.29, 0.717) is 42.0 Å². The van der Waals surface area contributed by atoms with Crippen LogP contribution in [0.4, 0.5) is 0 Å². The van der Waals surface area contributed by atoms with Crippen molar-refractivity contribution in [2.45, 2.75) is 24.9 Å². The van der Waals surface area contributed by atoms with E-state index in [4.69, 9.17) is 58.5 Å². The number of nitrogens with zero attached hydrogens (tertiary/aromatic N) is 2. The molecule has 1 fully saturated rings. The van der Waals surface area contributed by atoms with Gasteiger partial charge in [0.2, 0.25) is 0 Å². The Morgan fingerprint density at radius 2 is 1.82 bits per heavy atom. The van der Waals surface area contributed by atoms with Gasteiger partial charge in [0.1, 0.15) is 18.0 Å². The molecule has 2 aliphatic rings. The van der Waals surface area contributed by atoms with Crippen molar-refractivity contribution in [2.75, 3.05) is 27.4 Å². The molecule has 0 unspecified atom stereocenters. The summed E-state index contributed by atoms with van der Waals surface area (Å²) in [4.78, 5) is 4.53. The van der Waals surface area contributed by atoms with Crippen molar-refractivity contribution in [1.82, 2.24) is 9.55 Å². The standard InChI is InChI=1S/C23H21Cl3N2O5/c1-29-16-5-3-4-13(20(16)30-2)19-14-10-12(24)6-7-15(14)28-22(26)21(25)27-23(28)17(33-19)11-18-31-8-9-32-18/h3-7,10,17-19H,8-9,11H2,1-2H3/t17-,19-/m1/s1. The Morgan fingerprint density at radius 1 is 1.03 bits per heavy atom. The van der Waals surface area contributed by atoms with E-state index in [1.165, 1.54) is 0 Å². The van der Waals surface area contributed by atoms with Crippen molar-refractivity contribution in [2.24, 2.45) is 0 Å². The van der Waals surface area contributed by atoms with Gasteiger partial charge in [0.05, 0.1) is 33.1 Å². The number of hydrogen-bond donors (Lipinski definition) is 0. The monoisotopic (exact) mass is 510 g/mol. The fourth-order valence-corrected chi connectivity index (χ4v) is 4.88. The fourth-order valence-electron chi connectivity index (χ4n) is 4.31. The minimum Gasteiger partial charge on any atom is -0.493 e. The van der Waals surface area contributed by atoms with Crippen LogP contribution >= 0.6 is 34.8 Å². The lowest BCUT2D eigenvalue weighted by molar-refractivity contribution is -0.0969. The SMILES string of the molecule is COc1cccc([C@H]2O[C@H](CC3OCCO3)c3nc(Cl)c(Cl)n3-c3ccc(Cl)cc32)c1OC. The second kappa shape index (κ2) is 9.33. The maximum atomic E-state index is 6.72. The number of fused-ring (bicyclic) bond motifs is 3. The zero-order valence-electron chi connectivity index (χ0n) is 17.9. The first-order valence-corrected chi connectivity index (χ1v) is 11.5. The summed E-state index contributed by atoms with van der Waals surface area (Å²) < 4.78 is 31.2. The van der Waals surface area contributed by atoms with Gasteiger partial charge < -0.3 is 23.7 Å². The molecular weight excluding hydrogens is 491 g/mol. The molecule has 0 bridgehead atoms. The minimum atomic E-state index is -0.577. The average Bonchev–Trinajstić information content (AvgIpc) is 3.41. The van der Waals surface area contributed by atoms with Crippen molar-refractivity contribution in [3.05, 3.63) is 68.7 Å². The molecule has 0 radical (unpaired) electrons. The molecule has 7 nitrogen and oxygen atoms in total. The summed E-state index contributed by atoms with van der Waals surface area (Å²) >= 11 is 19.4. The second-order valence-electron chi connectivity index (χ2n) is 7.58. The van der Waals surface area contributed by atoms with Gasteiger partial charge in [-0.1, -0.05) is 46.9 Å². The lowest BCUT2D eigenvalue weighted by Crippen LogP contribution is -2.19. The molecule has 0 aliphatic carbocycles. The number of halogens is 3. The summed E-state index contributed by atoms with van der Waals surface area (Å²) in [6.45, 7) is 1.05. The molecule has 1 saturated heterocycles. The maximum Gasteiger partial charge on any atom is 0.167 e. The highest BCUT2D eigenvalue weighted by atomic mass is 35.5. The molecule has 3 aromatic rings. The predicted octanol–water partition coefficient (Wildman–Crippen LogP) is 5.77. The van der Waals surface area contributed by atoms with Crippen molar-refractivity contribution >= 4 is 34.8 Å². The molecule has 3 heterocycles. The van der Waals surface area contributed by atoms with E-state index < -0.39 is 18.5 Å². The van der Waals surface area contributed by atoms with E-state index in [1.54, 1.807) is 24.9 Å². The van der Waals surface area contributed by atoms with Crippen LogP contribution in [0.5, 0.6) is 11.5 Å². The van der Waals surface area contributed by atoms with Crippen LogP contribution in [0.3, 0.4) is 0 Å². The molecule has 2 aliphatic heterocycles. The van der Waals surface area contributed by atoms with Crippen molar-refractivity contribution < 1.29 is 23.7 Å². The molecule has 174 valence electrons. The van der Waals surface area contributed by atoms with Crippen molar-refractivity contribution in [3.63, 3.8) is 0 Å². The van der Waals surface area contributed by atoms with Crippen molar-refractivity contribution in [3.8, 4) is 17.2 Å². The number of methoxy groups -OCH3 is 2. The molecule has 0 amide bonds. The minimum absolute atomic E-state index is 0.187. The van der Waals surface area contributed by atoms with Crippen LogP contribution in [0.2, 0.25) is 15.3 Å². The van der Waals surface area contributed by atoms with Crippen LogP contribution in [0.25, 0.3) is 5.69 Å². The van der Waals surface area contributed by atoms with Crippen LogP contribution in [-0.4, -0.2) is 43.3 Å². The summed E-state index contributed by atoms with van der Waals surface area (Å²) in [6.07, 6.45) is -1.17. The number of rotatable bonds is 5. The number of aromatic nitrogens is 2. The molecule has 1 aromatic heterocycles. The van der Waals surface area contributed by atoms with Crippen LogP contribution in [0, 0.1) is 0 Å². The summed E-state index contributed by atoms with van der Waals surface area (Å²) in [5, 5.41) is 1.02. The molecular formula is C23H21Cl3N2O5. The Bertz CT molecular complexity index is 1180. The molecule has 0 spiro atoms. The van der Waals surface area contributed by atoms with Gasteiger partial charge in [0, 0.05) is 22.6 Å². The van der Waals surface area contributed by atoms with Gasteiger partial charge in [-0.15, -0.1) is 0 Å². The Labute approximate surface area is 206 Å². The van der Waals surface area contributed by atoms with Crippen LogP contribution in [0.1, 0.15) is 35.6 Å². The normalized spacial score (nSPS) is 20.3. The van der Waals surface area contributed by atoms with Gasteiger partial charge in [-0.25, -0.2) is 4.98 Å². The van der Waals surface area contributed by atoms with Gasteiger partial charge in [0.25, 0.3) is 0 Å². The summed E-state index contributed by atoms with van der Waals surface area (Å²) in [5.41, 5.74) is 2.30. The number of imidazole rings is 1. The first kappa shape index (κ1) is 22.8. The third-order valence-corrected chi connectivity index (χ3v) is 6.67. The van der Waals surface area contributed by atoms with E-state index in [2.05, 4.69) is 4.98 Å². The number of para-hydroxylation sites is 1. The van der Waals surface area contributed by atoms with Gasteiger partial charge >= 0.3 is 0 Å². The number of benzene rings is 2. The highest BCUT2D eigenvalue weighted by molar-refractivity contribution is 6.40. The molecule has 10 heteroatoms. The van der Waals surface area contributed by atoms with Gasteiger partial charge in [0.15, 0.2) is 28.1 Å². The highest BCUT2D eigenvalue weighted by Gasteiger charge is 2.37. The highest BCUT2D eigenvalue weighted by Crippen LogP contribution is 2.48. The molecule has 2 aromatic carbocycles. The molecule has 2 atom stereocenters. The quantitative estimate of drug-likeness (QED) is 0.433. The third kappa shape index (κ3) is 4.07. The topological polar surface area (TPSA) is 64.0 Å². The largest absolute Gasteiger partial charge is 0.493 e. The summed E-state index contributed by atoms with van der Waals surface area (Å²) in [6, 6.07) is 11.2. The lowest BCUT2D eigenvalue weighted by atomic mass is 9.98. The Morgan fingerprint density at radius 3 is 2.55 bits per heavy atom. The second-order valence-corrected chi connectivity index (χ2v) is 8.74. The van der Waals surface area contributed by atoms with Gasteiger partial charge in [-0.2, -0.15) is 0 Å². The first-order chi connectivity index (χ1) is 16.0. The van der Waals surface area contributed by atoms with E-state index in [0.717, 1.165) is 16.8 Å². The zero-order valence-corrected chi connectivity index (χ0v) is 20.2. The molecule has 5 rings (SSSR count). The summed E-state index contributed by atoms with van der Waals surface area (Å²) in [7, 11) is 3.19.